The molecule has 5 N–H and O–H groups in total. The lowest BCUT2D eigenvalue weighted by Crippen LogP contribution is -2.31. The molecule has 2 fully saturated rings. The van der Waals surface area contributed by atoms with Crippen molar-refractivity contribution in [1.82, 2.24) is 19.5 Å². The van der Waals surface area contributed by atoms with Crippen LogP contribution in [-0.2, 0) is 18.4 Å². The summed E-state index contributed by atoms with van der Waals surface area (Å²) in [6, 6.07) is 0.190. The summed E-state index contributed by atoms with van der Waals surface area (Å²) < 4.78 is 49.2. The molecule has 17 heteroatoms. The first-order chi connectivity index (χ1) is 15.9. The van der Waals surface area contributed by atoms with Crippen LogP contribution in [-0.4, -0.2) is 76.2 Å². The Labute approximate surface area is 198 Å². The molecule has 3 heterocycles. The maximum absolute atomic E-state index is 15.0. The minimum absolute atomic E-state index is 0.0972. The number of alkyl halides is 1. The zero-order chi connectivity index (χ0) is 24.7. The largest absolute Gasteiger partial charge is 0.387 e. The first-order valence-electron chi connectivity index (χ1n) is 10.6. The summed E-state index contributed by atoms with van der Waals surface area (Å²) in [6.45, 7) is -0.775. The Kier molecular flexibility index (Phi) is 7.64. The number of nitrogens with zero attached hydrogens (tertiary/aromatic N) is 4. The Balaban J connectivity index is 1.52. The van der Waals surface area contributed by atoms with Gasteiger partial charge >= 0.3 is 15.2 Å². The van der Waals surface area contributed by atoms with Gasteiger partial charge in [-0.2, -0.15) is 9.97 Å². The quantitative estimate of drug-likeness (QED) is 0.241. The molecule has 13 nitrogen and oxygen atoms in total. The van der Waals surface area contributed by atoms with E-state index in [1.807, 2.05) is 0 Å². The van der Waals surface area contributed by atoms with Crippen molar-refractivity contribution < 1.29 is 42.6 Å². The highest BCUT2D eigenvalue weighted by molar-refractivity contribution is 7.70. The first-order valence-corrected chi connectivity index (χ1v) is 14.5. The van der Waals surface area contributed by atoms with Crippen LogP contribution in [0.2, 0.25) is 5.28 Å². The van der Waals surface area contributed by atoms with Gasteiger partial charge in [-0.3, -0.25) is 13.7 Å². The first kappa shape index (κ1) is 25.9. The predicted octanol–water partition coefficient (Wildman–Crippen LogP) is 2.16. The van der Waals surface area contributed by atoms with Gasteiger partial charge in [0.25, 0.3) is 0 Å². The highest BCUT2D eigenvalue weighted by Crippen LogP contribution is 2.55. The standard InChI is InChI=1S/C17H25ClFN5O8P2/c18-17-22-14(21-9-4-2-1-3-5-9)12-15(23-17)24(7-20-12)16-11(19)13(25)10(32-16)6-31-34(29,30)8-33(26,27)28/h7,9-11,13,16,25H,1-6,8H2,(H,29,30)(H,21,22,23)(H2,26,27,28)/t10-,11+,13-,16-/m1/s1. The van der Waals surface area contributed by atoms with E-state index in [0.29, 0.717) is 11.3 Å². The smallest absolute Gasteiger partial charge is 0.340 e. The molecule has 0 spiro atoms. The molecule has 0 bridgehead atoms. The Bertz CT molecular complexity index is 1130. The number of rotatable bonds is 8. The molecule has 1 aliphatic heterocycles. The number of aromatic nitrogens is 4. The van der Waals surface area contributed by atoms with Crippen molar-refractivity contribution in [2.24, 2.45) is 0 Å². The van der Waals surface area contributed by atoms with Gasteiger partial charge in [0.2, 0.25) is 5.28 Å². The van der Waals surface area contributed by atoms with Crippen molar-refractivity contribution in [3.05, 3.63) is 11.6 Å². The number of ether oxygens (including phenoxy) is 1. The number of hydrogen-bond acceptors (Lipinski definition) is 9. The third kappa shape index (κ3) is 5.95. The summed E-state index contributed by atoms with van der Waals surface area (Å²) in [5.41, 5.74) is 0.496. The number of fused-ring (bicyclic) bond motifs is 1. The summed E-state index contributed by atoms with van der Waals surface area (Å²) in [6.07, 6.45) is -0.0213. The second kappa shape index (κ2) is 10.0. The monoisotopic (exact) mass is 543 g/mol. The zero-order valence-electron chi connectivity index (χ0n) is 17.8. The fraction of sp³-hybridized carbons (Fsp3) is 0.706. The summed E-state index contributed by atoms with van der Waals surface area (Å²) >= 11 is 6.09. The molecule has 190 valence electrons. The van der Waals surface area contributed by atoms with Crippen molar-refractivity contribution in [1.29, 1.82) is 0 Å². The fourth-order valence-corrected chi connectivity index (χ4v) is 6.88. The molecule has 5 atom stereocenters. The van der Waals surface area contributed by atoms with Crippen LogP contribution in [0.3, 0.4) is 0 Å². The van der Waals surface area contributed by atoms with Crippen LogP contribution in [0.25, 0.3) is 11.2 Å². The number of aliphatic hydroxyl groups excluding tert-OH is 1. The topological polar surface area (TPSA) is 189 Å². The predicted molar refractivity (Wildman–Crippen MR) is 118 cm³/mol. The van der Waals surface area contributed by atoms with E-state index >= 15 is 0 Å². The van der Waals surface area contributed by atoms with E-state index in [2.05, 4.69) is 24.8 Å². The van der Waals surface area contributed by atoms with Crippen LogP contribution >= 0.6 is 26.8 Å². The highest BCUT2D eigenvalue weighted by atomic mass is 35.5. The number of nitrogens with one attached hydrogen (secondary N) is 1. The second-order valence-electron chi connectivity index (χ2n) is 8.38. The molecule has 1 saturated heterocycles. The van der Waals surface area contributed by atoms with Gasteiger partial charge in [0, 0.05) is 6.04 Å². The highest BCUT2D eigenvalue weighted by Gasteiger charge is 2.47. The van der Waals surface area contributed by atoms with Gasteiger partial charge < -0.3 is 34.4 Å². The number of imidazole rings is 1. The normalized spacial score (nSPS) is 28.3. The summed E-state index contributed by atoms with van der Waals surface area (Å²) in [5, 5.41) is 13.5. The average Bonchev–Trinajstić information content (AvgIpc) is 3.27. The average molecular weight is 544 g/mol. The molecule has 1 unspecified atom stereocenters. The van der Waals surface area contributed by atoms with Gasteiger partial charge in [0.05, 0.1) is 12.9 Å². The number of halogens is 2. The lowest BCUT2D eigenvalue weighted by atomic mass is 9.95. The minimum atomic E-state index is -4.84. The molecule has 0 aromatic carbocycles. The van der Waals surface area contributed by atoms with E-state index in [1.54, 1.807) is 0 Å². The number of hydrogen-bond donors (Lipinski definition) is 5. The molecule has 2 aromatic rings. The molecular weight excluding hydrogens is 519 g/mol. The van der Waals surface area contributed by atoms with Gasteiger partial charge in [-0.15, -0.1) is 0 Å². The molecule has 2 aromatic heterocycles. The van der Waals surface area contributed by atoms with Crippen LogP contribution in [0.4, 0.5) is 10.2 Å². The Morgan fingerprint density at radius 1 is 1.24 bits per heavy atom. The molecule has 1 aliphatic carbocycles. The molecule has 0 amide bonds. The molecule has 4 rings (SSSR count). The van der Waals surface area contributed by atoms with E-state index in [-0.39, 0.29) is 17.0 Å². The van der Waals surface area contributed by atoms with Crippen molar-refractivity contribution in [3.63, 3.8) is 0 Å². The number of anilines is 1. The van der Waals surface area contributed by atoms with E-state index in [9.17, 15) is 23.5 Å². The second-order valence-corrected chi connectivity index (χ2v) is 12.7. The lowest BCUT2D eigenvalue weighted by Gasteiger charge is -2.23. The third-order valence-corrected chi connectivity index (χ3v) is 9.34. The van der Waals surface area contributed by atoms with Crippen molar-refractivity contribution in [2.75, 3.05) is 17.8 Å². The molecule has 1 saturated carbocycles. The molecular formula is C17H25ClFN5O8P2. The van der Waals surface area contributed by atoms with Crippen LogP contribution in [0.15, 0.2) is 6.33 Å². The van der Waals surface area contributed by atoms with Gasteiger partial charge in [-0.1, -0.05) is 19.3 Å². The maximum Gasteiger partial charge on any atom is 0.340 e. The van der Waals surface area contributed by atoms with Crippen molar-refractivity contribution in [3.8, 4) is 0 Å². The zero-order valence-corrected chi connectivity index (χ0v) is 20.3. The van der Waals surface area contributed by atoms with Crippen molar-refractivity contribution in [2.45, 2.75) is 62.8 Å². The number of aliphatic hydroxyl groups is 1. The third-order valence-electron chi connectivity index (χ3n) is 5.71. The molecule has 2 aliphatic rings. The Hall–Kier alpha value is -1.21. The van der Waals surface area contributed by atoms with E-state index in [4.69, 9.17) is 26.1 Å². The minimum Gasteiger partial charge on any atom is -0.387 e. The van der Waals surface area contributed by atoms with Gasteiger partial charge in [0.15, 0.2) is 35.3 Å². The van der Waals surface area contributed by atoms with E-state index in [1.165, 1.54) is 17.3 Å². The van der Waals surface area contributed by atoms with Crippen LogP contribution in [0.1, 0.15) is 38.3 Å². The summed E-state index contributed by atoms with van der Waals surface area (Å²) in [4.78, 5) is 40.0. The summed E-state index contributed by atoms with van der Waals surface area (Å²) in [7, 11) is -9.54. The van der Waals surface area contributed by atoms with Crippen LogP contribution < -0.4 is 5.32 Å². The molecule has 0 radical (unpaired) electrons. The fourth-order valence-electron chi connectivity index (χ4n) is 4.15. The summed E-state index contributed by atoms with van der Waals surface area (Å²) in [5.74, 6) is -1.02. The van der Waals surface area contributed by atoms with Gasteiger partial charge in [-0.05, 0) is 24.4 Å². The van der Waals surface area contributed by atoms with E-state index in [0.717, 1.165) is 25.7 Å². The molecule has 34 heavy (non-hydrogen) atoms. The Morgan fingerprint density at radius 3 is 2.62 bits per heavy atom. The Morgan fingerprint density at radius 2 is 1.94 bits per heavy atom. The van der Waals surface area contributed by atoms with Crippen LogP contribution in [0.5, 0.6) is 0 Å². The van der Waals surface area contributed by atoms with Gasteiger partial charge in [0.1, 0.15) is 12.2 Å². The van der Waals surface area contributed by atoms with Crippen LogP contribution in [0, 0.1) is 0 Å². The SMILES string of the molecule is O=P(O)(O)CP(=O)(O)OC[C@H]1O[C@@H](n2cnc3c(NC4CCCCC4)nc(Cl)nc32)[C@@H](F)[C@@H]1O. The lowest BCUT2D eigenvalue weighted by molar-refractivity contribution is -0.0425. The van der Waals surface area contributed by atoms with Gasteiger partial charge in [-0.25, -0.2) is 9.37 Å². The maximum atomic E-state index is 15.0. The van der Waals surface area contributed by atoms with Crippen molar-refractivity contribution >= 4 is 43.8 Å². The van der Waals surface area contributed by atoms with E-state index < -0.39 is 52.3 Å².